The van der Waals surface area contributed by atoms with Crippen molar-refractivity contribution in [2.75, 3.05) is 31.3 Å². The van der Waals surface area contributed by atoms with Gasteiger partial charge in [-0.25, -0.2) is 0 Å². The van der Waals surface area contributed by atoms with Crippen molar-refractivity contribution in [1.82, 2.24) is 0 Å². The van der Waals surface area contributed by atoms with Crippen molar-refractivity contribution in [3.63, 3.8) is 0 Å². The Labute approximate surface area is 107 Å². The van der Waals surface area contributed by atoms with Crippen LogP contribution in [0.1, 0.15) is 13.3 Å². The fourth-order valence-corrected chi connectivity index (χ4v) is 1.81. The fourth-order valence-electron chi connectivity index (χ4n) is 1.81. The smallest absolute Gasteiger partial charge is 0.153 e. The third kappa shape index (κ3) is 2.92. The molecule has 0 bridgehead atoms. The van der Waals surface area contributed by atoms with Gasteiger partial charge in [0.1, 0.15) is 11.6 Å². The molecule has 0 amide bonds. The van der Waals surface area contributed by atoms with Gasteiger partial charge >= 0.3 is 0 Å². The first kappa shape index (κ1) is 12.7. The van der Waals surface area contributed by atoms with E-state index in [4.69, 9.17) is 15.2 Å². The third-order valence-corrected chi connectivity index (χ3v) is 2.74. The summed E-state index contributed by atoms with van der Waals surface area (Å²) in [6, 6.07) is 5.55. The molecule has 0 fully saturated rings. The summed E-state index contributed by atoms with van der Waals surface area (Å²) in [5.74, 6) is 1.65. The first-order chi connectivity index (χ1) is 8.70. The van der Waals surface area contributed by atoms with Crippen molar-refractivity contribution in [2.45, 2.75) is 19.4 Å². The molecule has 1 atom stereocenters. The predicted molar refractivity (Wildman–Crippen MR) is 73.4 cm³/mol. The zero-order valence-electron chi connectivity index (χ0n) is 10.8. The number of nitrogens with two attached hydrogens (primary N) is 1. The molecule has 0 saturated carbocycles. The van der Waals surface area contributed by atoms with Gasteiger partial charge < -0.3 is 20.5 Å². The van der Waals surface area contributed by atoms with Gasteiger partial charge in [0.05, 0.1) is 5.69 Å². The Morgan fingerprint density at radius 1 is 1.50 bits per heavy atom. The maximum atomic E-state index is 5.78. The molecule has 1 heterocycles. The van der Waals surface area contributed by atoms with Gasteiger partial charge in [-0.1, -0.05) is 0 Å². The van der Waals surface area contributed by atoms with Crippen LogP contribution in [0.15, 0.2) is 23.2 Å². The van der Waals surface area contributed by atoms with Crippen molar-refractivity contribution < 1.29 is 9.47 Å². The number of aliphatic imine (C=N–C) groups is 1. The van der Waals surface area contributed by atoms with Crippen LogP contribution in [0.4, 0.5) is 11.4 Å². The van der Waals surface area contributed by atoms with Crippen molar-refractivity contribution in [3.05, 3.63) is 18.2 Å². The molecular weight excluding hydrogens is 230 g/mol. The lowest BCUT2D eigenvalue weighted by Gasteiger charge is -2.26. The monoisotopic (exact) mass is 249 g/mol. The van der Waals surface area contributed by atoms with Crippen LogP contribution in [0, 0.1) is 0 Å². The second kappa shape index (κ2) is 5.73. The van der Waals surface area contributed by atoms with Crippen molar-refractivity contribution in [1.29, 1.82) is 0 Å². The number of anilines is 2. The number of rotatable bonds is 4. The summed E-state index contributed by atoms with van der Waals surface area (Å²) in [5, 5.41) is 3.27. The lowest BCUT2D eigenvalue weighted by atomic mass is 10.2. The van der Waals surface area contributed by atoms with Crippen LogP contribution in [0.5, 0.6) is 5.75 Å². The van der Waals surface area contributed by atoms with Crippen molar-refractivity contribution >= 4 is 17.2 Å². The molecule has 3 N–H and O–H groups in total. The molecule has 1 unspecified atom stereocenters. The SMILES string of the molecule is COCCCN=C1Nc2cc(N)ccc2OC1C. The maximum Gasteiger partial charge on any atom is 0.153 e. The minimum Gasteiger partial charge on any atom is -0.481 e. The van der Waals surface area contributed by atoms with E-state index in [0.717, 1.165) is 36.8 Å². The molecule has 0 spiro atoms. The second-order valence-electron chi connectivity index (χ2n) is 4.25. The summed E-state index contributed by atoms with van der Waals surface area (Å²) < 4.78 is 10.8. The molecule has 0 radical (unpaired) electrons. The molecule has 0 aliphatic carbocycles. The first-order valence-electron chi connectivity index (χ1n) is 6.07. The molecule has 5 heteroatoms. The van der Waals surface area contributed by atoms with Gasteiger partial charge in [-0.3, -0.25) is 4.99 Å². The summed E-state index contributed by atoms with van der Waals surface area (Å²) in [4.78, 5) is 4.49. The number of nitrogen functional groups attached to an aromatic ring is 1. The van der Waals surface area contributed by atoms with E-state index in [1.807, 2.05) is 25.1 Å². The number of fused-ring (bicyclic) bond motifs is 1. The summed E-state index contributed by atoms with van der Waals surface area (Å²) in [6.07, 6.45) is 0.835. The average molecular weight is 249 g/mol. The molecule has 1 aromatic carbocycles. The topological polar surface area (TPSA) is 68.9 Å². The van der Waals surface area contributed by atoms with Gasteiger partial charge in [-0.2, -0.15) is 0 Å². The number of benzene rings is 1. The molecule has 1 aliphatic heterocycles. The van der Waals surface area contributed by atoms with E-state index in [2.05, 4.69) is 10.3 Å². The Kier molecular flexibility index (Phi) is 4.04. The van der Waals surface area contributed by atoms with Crippen molar-refractivity contribution in [2.24, 2.45) is 4.99 Å². The number of nitrogens with zero attached hydrogens (tertiary/aromatic N) is 1. The quantitative estimate of drug-likeness (QED) is 0.631. The largest absolute Gasteiger partial charge is 0.481 e. The number of ether oxygens (including phenoxy) is 2. The maximum absolute atomic E-state index is 5.78. The van der Waals surface area contributed by atoms with Gasteiger partial charge in [0, 0.05) is 25.9 Å². The highest BCUT2D eigenvalue weighted by atomic mass is 16.5. The van der Waals surface area contributed by atoms with E-state index in [1.165, 1.54) is 0 Å². The van der Waals surface area contributed by atoms with Crippen LogP contribution < -0.4 is 15.8 Å². The van der Waals surface area contributed by atoms with Crippen molar-refractivity contribution in [3.8, 4) is 5.75 Å². The lowest BCUT2D eigenvalue weighted by molar-refractivity contribution is 0.197. The van der Waals surface area contributed by atoms with Crippen LogP contribution in [-0.4, -0.2) is 32.2 Å². The van der Waals surface area contributed by atoms with Gasteiger partial charge in [0.15, 0.2) is 6.10 Å². The normalized spacial score (nSPS) is 20.1. The Balaban J connectivity index is 2.07. The molecule has 0 saturated heterocycles. The standard InChI is InChI=1S/C13H19N3O2/c1-9-13(15-6-3-7-17-2)16-11-8-10(14)4-5-12(11)18-9/h4-5,8-9H,3,6-7,14H2,1-2H3,(H,15,16). The minimum atomic E-state index is -0.0660. The highest BCUT2D eigenvalue weighted by molar-refractivity contribution is 6.02. The highest BCUT2D eigenvalue weighted by Gasteiger charge is 2.21. The van der Waals surface area contributed by atoms with E-state index in [1.54, 1.807) is 7.11 Å². The van der Waals surface area contributed by atoms with Crippen LogP contribution in [-0.2, 0) is 4.74 Å². The number of amidine groups is 1. The number of methoxy groups -OCH3 is 1. The van der Waals surface area contributed by atoms with Gasteiger partial charge in [0.2, 0.25) is 0 Å². The molecule has 0 aromatic heterocycles. The first-order valence-corrected chi connectivity index (χ1v) is 6.07. The number of hydrogen-bond acceptors (Lipinski definition) is 4. The minimum absolute atomic E-state index is 0.0660. The van der Waals surface area contributed by atoms with Crippen LogP contribution >= 0.6 is 0 Å². The third-order valence-electron chi connectivity index (χ3n) is 2.74. The molecule has 1 aliphatic rings. The Bertz CT molecular complexity index is 446. The summed E-state index contributed by atoms with van der Waals surface area (Å²) in [7, 11) is 1.69. The van der Waals surface area contributed by atoms with Crippen LogP contribution in [0.2, 0.25) is 0 Å². The lowest BCUT2D eigenvalue weighted by Crippen LogP contribution is -2.35. The van der Waals surface area contributed by atoms with E-state index in [9.17, 15) is 0 Å². The zero-order valence-corrected chi connectivity index (χ0v) is 10.8. The number of nitrogens with one attached hydrogen (secondary N) is 1. The number of hydrogen-bond donors (Lipinski definition) is 2. The van der Waals surface area contributed by atoms with E-state index in [-0.39, 0.29) is 6.10 Å². The van der Waals surface area contributed by atoms with E-state index < -0.39 is 0 Å². The highest BCUT2D eigenvalue weighted by Crippen LogP contribution is 2.31. The molecule has 18 heavy (non-hydrogen) atoms. The predicted octanol–water partition coefficient (Wildman–Crippen LogP) is 1.90. The second-order valence-corrected chi connectivity index (χ2v) is 4.25. The molecule has 1 aromatic rings. The van der Waals surface area contributed by atoms with Gasteiger partial charge in [0.25, 0.3) is 0 Å². The van der Waals surface area contributed by atoms with E-state index >= 15 is 0 Å². The van der Waals surface area contributed by atoms with Gasteiger partial charge in [-0.15, -0.1) is 0 Å². The van der Waals surface area contributed by atoms with Gasteiger partial charge in [-0.05, 0) is 31.5 Å². The molecule has 5 nitrogen and oxygen atoms in total. The Morgan fingerprint density at radius 2 is 2.33 bits per heavy atom. The van der Waals surface area contributed by atoms with Crippen LogP contribution in [0.25, 0.3) is 0 Å². The summed E-state index contributed by atoms with van der Waals surface area (Å²) >= 11 is 0. The summed E-state index contributed by atoms with van der Waals surface area (Å²) in [5.41, 5.74) is 7.33. The zero-order chi connectivity index (χ0) is 13.0. The Morgan fingerprint density at radius 3 is 3.11 bits per heavy atom. The Hall–Kier alpha value is -1.75. The van der Waals surface area contributed by atoms with E-state index in [0.29, 0.717) is 5.69 Å². The average Bonchev–Trinajstić information content (AvgIpc) is 2.35. The molecular formula is C13H19N3O2. The molecule has 2 rings (SSSR count). The molecule has 98 valence electrons. The fraction of sp³-hybridized carbons (Fsp3) is 0.462. The van der Waals surface area contributed by atoms with Crippen LogP contribution in [0.3, 0.4) is 0 Å². The summed E-state index contributed by atoms with van der Waals surface area (Å²) in [6.45, 7) is 3.42.